The minimum absolute atomic E-state index is 0.140. The van der Waals surface area contributed by atoms with E-state index in [1.54, 1.807) is 12.1 Å². The van der Waals surface area contributed by atoms with Gasteiger partial charge in [-0.05, 0) is 23.3 Å². The molecule has 0 aromatic heterocycles. The molecule has 5 nitrogen and oxygen atoms in total. The van der Waals surface area contributed by atoms with E-state index in [-0.39, 0.29) is 18.3 Å². The zero-order chi connectivity index (χ0) is 18.2. The normalized spacial score (nSPS) is 14.8. The molecule has 1 saturated heterocycles. The predicted octanol–water partition coefficient (Wildman–Crippen LogP) is 2.35. The van der Waals surface area contributed by atoms with Gasteiger partial charge in [0.05, 0.1) is 13.2 Å². The van der Waals surface area contributed by atoms with Crippen molar-refractivity contribution in [1.29, 1.82) is 0 Å². The van der Waals surface area contributed by atoms with Crippen LogP contribution in [-0.4, -0.2) is 43.7 Å². The monoisotopic (exact) mass is 358 g/mol. The van der Waals surface area contributed by atoms with Gasteiger partial charge in [-0.1, -0.05) is 30.3 Å². The van der Waals surface area contributed by atoms with Crippen LogP contribution in [0, 0.1) is 5.82 Å². The molecule has 1 amide bonds. The molecule has 1 aliphatic rings. The fourth-order valence-corrected chi connectivity index (χ4v) is 2.74. The van der Waals surface area contributed by atoms with Crippen molar-refractivity contribution in [3.05, 3.63) is 65.5 Å². The van der Waals surface area contributed by atoms with Crippen molar-refractivity contribution >= 4 is 5.91 Å². The minimum atomic E-state index is -0.389. The van der Waals surface area contributed by atoms with Gasteiger partial charge >= 0.3 is 0 Å². The zero-order valence-corrected chi connectivity index (χ0v) is 14.6. The molecule has 2 aromatic carbocycles. The van der Waals surface area contributed by atoms with Crippen LogP contribution >= 0.6 is 0 Å². The number of rotatable bonds is 7. The number of amides is 1. The van der Waals surface area contributed by atoms with Crippen LogP contribution in [0.2, 0.25) is 0 Å². The van der Waals surface area contributed by atoms with E-state index in [1.807, 2.05) is 12.1 Å². The highest BCUT2D eigenvalue weighted by Crippen LogP contribution is 2.12. The number of nitrogens with one attached hydrogen (secondary N) is 1. The molecule has 0 saturated carbocycles. The van der Waals surface area contributed by atoms with Gasteiger partial charge in [0.1, 0.15) is 11.6 Å². The molecule has 0 unspecified atom stereocenters. The average molecular weight is 358 g/mol. The molecule has 1 N–H and O–H groups in total. The van der Waals surface area contributed by atoms with E-state index in [2.05, 4.69) is 22.3 Å². The summed E-state index contributed by atoms with van der Waals surface area (Å²) < 4.78 is 23.7. The van der Waals surface area contributed by atoms with Crippen molar-refractivity contribution in [2.45, 2.75) is 13.1 Å². The summed E-state index contributed by atoms with van der Waals surface area (Å²) in [5.41, 5.74) is 2.27. The van der Waals surface area contributed by atoms with Crippen molar-refractivity contribution in [2.24, 2.45) is 0 Å². The lowest BCUT2D eigenvalue weighted by Gasteiger charge is -2.26. The quantitative estimate of drug-likeness (QED) is 0.826. The fraction of sp³-hybridized carbons (Fsp3) is 0.350. The SMILES string of the molecule is O=C(COc1cccc(F)c1)NCc1ccc(CN2CCOCC2)cc1. The molecule has 1 fully saturated rings. The van der Waals surface area contributed by atoms with Gasteiger partial charge < -0.3 is 14.8 Å². The predicted molar refractivity (Wildman–Crippen MR) is 96.3 cm³/mol. The lowest BCUT2D eigenvalue weighted by atomic mass is 10.1. The van der Waals surface area contributed by atoms with Gasteiger partial charge in [0.15, 0.2) is 6.61 Å². The molecular formula is C20H23FN2O3. The van der Waals surface area contributed by atoms with Crippen LogP contribution in [0.15, 0.2) is 48.5 Å². The summed E-state index contributed by atoms with van der Waals surface area (Å²) in [6, 6.07) is 13.9. The van der Waals surface area contributed by atoms with Crippen LogP contribution in [0.3, 0.4) is 0 Å². The zero-order valence-electron chi connectivity index (χ0n) is 14.6. The Balaban J connectivity index is 1.40. The first-order valence-electron chi connectivity index (χ1n) is 8.72. The lowest BCUT2D eigenvalue weighted by molar-refractivity contribution is -0.123. The highest BCUT2D eigenvalue weighted by atomic mass is 19.1. The Bertz CT molecular complexity index is 715. The van der Waals surface area contributed by atoms with Crippen molar-refractivity contribution in [1.82, 2.24) is 10.2 Å². The van der Waals surface area contributed by atoms with Crippen LogP contribution in [-0.2, 0) is 22.6 Å². The highest BCUT2D eigenvalue weighted by molar-refractivity contribution is 5.77. The second-order valence-corrected chi connectivity index (χ2v) is 6.23. The van der Waals surface area contributed by atoms with Crippen LogP contribution in [0.5, 0.6) is 5.75 Å². The summed E-state index contributed by atoms with van der Waals surface area (Å²) in [5.74, 6) is -0.292. The maximum absolute atomic E-state index is 13.1. The molecule has 26 heavy (non-hydrogen) atoms. The van der Waals surface area contributed by atoms with E-state index in [9.17, 15) is 9.18 Å². The third-order valence-corrected chi connectivity index (χ3v) is 4.19. The van der Waals surface area contributed by atoms with Gasteiger partial charge in [0, 0.05) is 32.2 Å². The Labute approximate surface area is 152 Å². The molecule has 138 valence electrons. The Morgan fingerprint density at radius 3 is 2.58 bits per heavy atom. The van der Waals surface area contributed by atoms with Crippen LogP contribution in [0.4, 0.5) is 4.39 Å². The standard InChI is InChI=1S/C20H23FN2O3/c21-18-2-1-3-19(12-18)26-15-20(24)22-13-16-4-6-17(7-5-16)14-23-8-10-25-11-9-23/h1-7,12H,8-11,13-15H2,(H,22,24). The molecule has 6 heteroatoms. The highest BCUT2D eigenvalue weighted by Gasteiger charge is 2.10. The van der Waals surface area contributed by atoms with E-state index in [0.717, 1.165) is 38.4 Å². The minimum Gasteiger partial charge on any atom is -0.484 e. The number of morpholine rings is 1. The van der Waals surface area contributed by atoms with Gasteiger partial charge in [0.2, 0.25) is 0 Å². The number of carbonyl (C=O) groups is 1. The molecule has 0 bridgehead atoms. The molecule has 0 radical (unpaired) electrons. The molecule has 1 aliphatic heterocycles. The number of nitrogens with zero attached hydrogens (tertiary/aromatic N) is 1. The summed E-state index contributed by atoms with van der Waals surface area (Å²) in [5, 5.41) is 2.80. The Hall–Kier alpha value is -2.44. The number of benzene rings is 2. The Morgan fingerprint density at radius 1 is 1.12 bits per heavy atom. The summed E-state index contributed by atoms with van der Waals surface area (Å²) >= 11 is 0. The third kappa shape index (κ3) is 5.82. The topological polar surface area (TPSA) is 50.8 Å². The first-order chi connectivity index (χ1) is 12.7. The Kier molecular flexibility index (Phi) is 6.57. The average Bonchev–Trinajstić information content (AvgIpc) is 2.67. The summed E-state index contributed by atoms with van der Waals surface area (Å²) in [6.07, 6.45) is 0. The maximum Gasteiger partial charge on any atom is 0.258 e. The van der Waals surface area contributed by atoms with Crippen molar-refractivity contribution in [2.75, 3.05) is 32.9 Å². The van der Waals surface area contributed by atoms with E-state index in [4.69, 9.17) is 9.47 Å². The second-order valence-electron chi connectivity index (χ2n) is 6.23. The summed E-state index contributed by atoms with van der Waals surface area (Å²) in [6.45, 7) is 4.72. The molecule has 1 heterocycles. The first kappa shape index (κ1) is 18.4. The van der Waals surface area contributed by atoms with Gasteiger partial charge in [-0.2, -0.15) is 0 Å². The molecule has 0 aliphatic carbocycles. The van der Waals surface area contributed by atoms with Crippen LogP contribution < -0.4 is 10.1 Å². The van der Waals surface area contributed by atoms with Crippen LogP contribution in [0.25, 0.3) is 0 Å². The van der Waals surface area contributed by atoms with Gasteiger partial charge in [0.25, 0.3) is 5.91 Å². The third-order valence-electron chi connectivity index (χ3n) is 4.19. The smallest absolute Gasteiger partial charge is 0.258 e. The maximum atomic E-state index is 13.1. The van der Waals surface area contributed by atoms with Gasteiger partial charge in [-0.3, -0.25) is 9.69 Å². The van der Waals surface area contributed by atoms with Gasteiger partial charge in [-0.15, -0.1) is 0 Å². The number of carbonyl (C=O) groups excluding carboxylic acids is 1. The largest absolute Gasteiger partial charge is 0.484 e. The van der Waals surface area contributed by atoms with E-state index >= 15 is 0 Å². The molecule has 2 aromatic rings. The number of hydrogen-bond donors (Lipinski definition) is 1. The molecule has 3 rings (SSSR count). The van der Waals surface area contributed by atoms with E-state index in [0.29, 0.717) is 12.3 Å². The van der Waals surface area contributed by atoms with Gasteiger partial charge in [-0.25, -0.2) is 4.39 Å². The van der Waals surface area contributed by atoms with Crippen LogP contribution in [0.1, 0.15) is 11.1 Å². The molecule has 0 spiro atoms. The first-order valence-corrected chi connectivity index (χ1v) is 8.72. The fourth-order valence-electron chi connectivity index (χ4n) is 2.74. The number of halogens is 1. The number of hydrogen-bond acceptors (Lipinski definition) is 4. The summed E-state index contributed by atoms with van der Waals surface area (Å²) in [4.78, 5) is 14.2. The van der Waals surface area contributed by atoms with Crippen molar-refractivity contribution < 1.29 is 18.7 Å². The second kappa shape index (κ2) is 9.31. The Morgan fingerprint density at radius 2 is 1.85 bits per heavy atom. The molecule has 0 atom stereocenters. The van der Waals surface area contributed by atoms with E-state index in [1.165, 1.54) is 17.7 Å². The number of ether oxygens (including phenoxy) is 2. The molecular weight excluding hydrogens is 335 g/mol. The lowest BCUT2D eigenvalue weighted by Crippen LogP contribution is -2.35. The van der Waals surface area contributed by atoms with Crippen molar-refractivity contribution in [3.63, 3.8) is 0 Å². The summed E-state index contributed by atoms with van der Waals surface area (Å²) in [7, 11) is 0. The van der Waals surface area contributed by atoms with E-state index < -0.39 is 0 Å². The van der Waals surface area contributed by atoms with Crippen molar-refractivity contribution in [3.8, 4) is 5.75 Å².